The van der Waals surface area contributed by atoms with Crippen LogP contribution in [0.25, 0.3) is 0 Å². The third-order valence-corrected chi connectivity index (χ3v) is 5.40. The van der Waals surface area contributed by atoms with Gasteiger partial charge in [0, 0.05) is 51.0 Å². The van der Waals surface area contributed by atoms with Crippen LogP contribution in [-0.2, 0) is 6.18 Å². The maximum atomic E-state index is 12.8. The Morgan fingerprint density at radius 2 is 1.53 bits per heavy atom. The fourth-order valence-corrected chi connectivity index (χ4v) is 3.74. The third-order valence-electron chi connectivity index (χ3n) is 5.40. The van der Waals surface area contributed by atoms with Gasteiger partial charge in [0.2, 0.25) is 0 Å². The van der Waals surface area contributed by atoms with Crippen LogP contribution < -0.4 is 15.1 Å². The summed E-state index contributed by atoms with van der Waals surface area (Å²) in [6.07, 6.45) is -0.550. The molecular formula is C20H23F3N6O. The predicted molar refractivity (Wildman–Crippen MR) is 108 cm³/mol. The van der Waals surface area contributed by atoms with Gasteiger partial charge in [0.05, 0.1) is 5.56 Å². The summed E-state index contributed by atoms with van der Waals surface area (Å²) in [5, 5.41) is 2.56. The molecule has 2 aromatic rings. The molecule has 2 aliphatic heterocycles. The molecule has 2 fully saturated rings. The van der Waals surface area contributed by atoms with E-state index in [-0.39, 0.29) is 5.69 Å². The molecule has 0 atom stereocenters. The van der Waals surface area contributed by atoms with Crippen molar-refractivity contribution in [2.45, 2.75) is 19.0 Å². The minimum absolute atomic E-state index is 0.128. The van der Waals surface area contributed by atoms with Crippen LogP contribution in [0.15, 0.2) is 36.7 Å². The van der Waals surface area contributed by atoms with Gasteiger partial charge in [-0.15, -0.1) is 0 Å². The summed E-state index contributed by atoms with van der Waals surface area (Å²) in [5.74, 6) is 1.74. The van der Waals surface area contributed by atoms with Gasteiger partial charge in [-0.25, -0.2) is 14.8 Å². The number of carbonyl (C=O) groups is 1. The summed E-state index contributed by atoms with van der Waals surface area (Å²) in [6.45, 7) is 4.08. The molecule has 10 heteroatoms. The fraction of sp³-hybridized carbons (Fsp3) is 0.450. The van der Waals surface area contributed by atoms with Crippen LogP contribution in [0.2, 0.25) is 0 Å². The molecule has 0 bridgehead atoms. The van der Waals surface area contributed by atoms with E-state index in [1.165, 1.54) is 25.0 Å². The molecule has 4 rings (SSSR count). The number of urea groups is 1. The molecule has 3 heterocycles. The Morgan fingerprint density at radius 1 is 0.900 bits per heavy atom. The molecular weight excluding hydrogens is 397 g/mol. The normalized spacial score (nSPS) is 17.4. The molecule has 160 valence electrons. The van der Waals surface area contributed by atoms with Crippen LogP contribution in [0.5, 0.6) is 0 Å². The lowest BCUT2D eigenvalue weighted by Crippen LogP contribution is -2.50. The molecule has 2 aliphatic rings. The van der Waals surface area contributed by atoms with Crippen molar-refractivity contribution in [3.8, 4) is 0 Å². The number of amides is 2. The summed E-state index contributed by atoms with van der Waals surface area (Å²) in [4.78, 5) is 27.1. The van der Waals surface area contributed by atoms with Crippen molar-refractivity contribution in [2.75, 3.05) is 54.4 Å². The van der Waals surface area contributed by atoms with Crippen LogP contribution >= 0.6 is 0 Å². The second-order valence-corrected chi connectivity index (χ2v) is 7.41. The number of hydrogen-bond acceptors (Lipinski definition) is 5. The van der Waals surface area contributed by atoms with Crippen molar-refractivity contribution in [1.82, 2.24) is 14.9 Å². The highest BCUT2D eigenvalue weighted by Gasteiger charge is 2.31. The number of nitrogens with one attached hydrogen (secondary N) is 1. The first kappa shape index (κ1) is 20.2. The number of nitrogens with zero attached hydrogens (tertiary/aromatic N) is 5. The van der Waals surface area contributed by atoms with Crippen LogP contribution in [-0.4, -0.2) is 60.2 Å². The first-order valence-corrected chi connectivity index (χ1v) is 9.95. The van der Waals surface area contributed by atoms with Gasteiger partial charge in [-0.1, -0.05) is 6.07 Å². The van der Waals surface area contributed by atoms with E-state index in [0.717, 1.165) is 36.9 Å². The first-order valence-electron chi connectivity index (χ1n) is 9.95. The van der Waals surface area contributed by atoms with Gasteiger partial charge >= 0.3 is 12.2 Å². The highest BCUT2D eigenvalue weighted by Crippen LogP contribution is 2.30. The molecule has 0 unspecified atom stereocenters. The number of alkyl halides is 3. The Balaban J connectivity index is 1.34. The van der Waals surface area contributed by atoms with Gasteiger partial charge in [0.25, 0.3) is 0 Å². The maximum absolute atomic E-state index is 12.8. The van der Waals surface area contributed by atoms with Crippen molar-refractivity contribution in [1.29, 1.82) is 0 Å². The number of halogens is 3. The van der Waals surface area contributed by atoms with Crippen molar-refractivity contribution >= 4 is 23.4 Å². The number of anilines is 3. The average molecular weight is 420 g/mol. The van der Waals surface area contributed by atoms with Crippen LogP contribution in [0.1, 0.15) is 18.4 Å². The van der Waals surface area contributed by atoms with Crippen LogP contribution in [0.3, 0.4) is 0 Å². The highest BCUT2D eigenvalue weighted by atomic mass is 19.4. The monoisotopic (exact) mass is 420 g/mol. The Kier molecular flexibility index (Phi) is 5.65. The molecule has 0 aliphatic carbocycles. The maximum Gasteiger partial charge on any atom is 0.416 e. The molecule has 0 radical (unpaired) electrons. The lowest BCUT2D eigenvalue weighted by atomic mass is 10.2. The van der Waals surface area contributed by atoms with E-state index in [1.54, 1.807) is 11.2 Å². The topological polar surface area (TPSA) is 64.6 Å². The van der Waals surface area contributed by atoms with Crippen molar-refractivity contribution in [3.05, 3.63) is 42.2 Å². The van der Waals surface area contributed by atoms with E-state index in [2.05, 4.69) is 25.1 Å². The van der Waals surface area contributed by atoms with E-state index >= 15 is 0 Å². The first-order chi connectivity index (χ1) is 14.4. The summed E-state index contributed by atoms with van der Waals surface area (Å²) in [7, 11) is 0. The van der Waals surface area contributed by atoms with E-state index in [0.29, 0.717) is 26.2 Å². The fourth-order valence-electron chi connectivity index (χ4n) is 3.74. The number of rotatable bonds is 3. The Hall–Kier alpha value is -3.04. The molecule has 2 saturated heterocycles. The van der Waals surface area contributed by atoms with Gasteiger partial charge in [-0.2, -0.15) is 13.2 Å². The minimum atomic E-state index is -4.45. The standard InChI is InChI=1S/C20H23F3N6O/c21-20(22,23)15-4-3-5-16(12-15)26-19(30)29-10-8-28(9-11-29)18-13-17(24-14-25-18)27-6-1-2-7-27/h3-5,12-14H,1-2,6-11H2,(H,26,30). The number of piperazine rings is 1. The van der Waals surface area contributed by atoms with Gasteiger partial charge < -0.3 is 20.0 Å². The molecule has 1 N–H and O–H groups in total. The van der Waals surface area contributed by atoms with Crippen molar-refractivity contribution in [2.24, 2.45) is 0 Å². The Labute approximate surface area is 172 Å². The van der Waals surface area contributed by atoms with E-state index in [4.69, 9.17) is 0 Å². The lowest BCUT2D eigenvalue weighted by molar-refractivity contribution is -0.137. The van der Waals surface area contributed by atoms with Crippen LogP contribution in [0.4, 0.5) is 35.3 Å². The second kappa shape index (κ2) is 8.37. The summed E-state index contributed by atoms with van der Waals surface area (Å²) >= 11 is 0. The zero-order valence-corrected chi connectivity index (χ0v) is 16.4. The lowest BCUT2D eigenvalue weighted by Gasteiger charge is -2.35. The van der Waals surface area contributed by atoms with E-state index < -0.39 is 17.8 Å². The summed E-state index contributed by atoms with van der Waals surface area (Å²) < 4.78 is 38.5. The van der Waals surface area contributed by atoms with Crippen molar-refractivity contribution < 1.29 is 18.0 Å². The third kappa shape index (κ3) is 4.58. The number of hydrogen-bond donors (Lipinski definition) is 1. The molecule has 30 heavy (non-hydrogen) atoms. The number of carbonyl (C=O) groups excluding carboxylic acids is 1. The SMILES string of the molecule is O=C(Nc1cccc(C(F)(F)F)c1)N1CCN(c2cc(N3CCCC3)ncn2)CC1. The zero-order chi connectivity index (χ0) is 21.1. The molecule has 0 spiro atoms. The number of aromatic nitrogens is 2. The molecule has 1 aromatic carbocycles. The predicted octanol–water partition coefficient (Wildman–Crippen LogP) is 3.45. The van der Waals surface area contributed by atoms with Crippen LogP contribution in [0, 0.1) is 0 Å². The average Bonchev–Trinajstić information content (AvgIpc) is 3.29. The quantitative estimate of drug-likeness (QED) is 0.824. The van der Waals surface area contributed by atoms with Gasteiger partial charge in [0.1, 0.15) is 18.0 Å². The van der Waals surface area contributed by atoms with Gasteiger partial charge in [-0.05, 0) is 31.0 Å². The summed E-state index contributed by atoms with van der Waals surface area (Å²) in [5.41, 5.74) is -0.661. The minimum Gasteiger partial charge on any atom is -0.356 e. The molecule has 2 amide bonds. The highest BCUT2D eigenvalue weighted by molar-refractivity contribution is 5.89. The molecule has 1 aromatic heterocycles. The van der Waals surface area contributed by atoms with Crippen molar-refractivity contribution in [3.63, 3.8) is 0 Å². The largest absolute Gasteiger partial charge is 0.416 e. The molecule has 0 saturated carbocycles. The smallest absolute Gasteiger partial charge is 0.356 e. The Bertz CT molecular complexity index is 892. The van der Waals surface area contributed by atoms with Gasteiger partial charge in [0.15, 0.2) is 0 Å². The summed E-state index contributed by atoms with van der Waals surface area (Å²) in [6, 6.07) is 6.22. The van der Waals surface area contributed by atoms with E-state index in [9.17, 15) is 18.0 Å². The second-order valence-electron chi connectivity index (χ2n) is 7.41. The zero-order valence-electron chi connectivity index (χ0n) is 16.4. The van der Waals surface area contributed by atoms with Gasteiger partial charge in [-0.3, -0.25) is 0 Å². The molecule has 7 nitrogen and oxygen atoms in total. The number of benzene rings is 1. The van der Waals surface area contributed by atoms with E-state index in [1.807, 2.05) is 6.07 Å². The Morgan fingerprint density at radius 3 is 2.17 bits per heavy atom.